The van der Waals surface area contributed by atoms with Crippen molar-refractivity contribution in [3.8, 4) is 11.4 Å². The first kappa shape index (κ1) is 17.3. The average Bonchev–Trinajstić information content (AvgIpc) is 2.61. The van der Waals surface area contributed by atoms with Gasteiger partial charge in [0, 0.05) is 23.5 Å². The molecule has 1 aromatic heterocycles. The highest BCUT2D eigenvalue weighted by Crippen LogP contribution is 2.16. The van der Waals surface area contributed by atoms with Gasteiger partial charge in [-0.25, -0.2) is 9.97 Å². The van der Waals surface area contributed by atoms with Crippen LogP contribution in [0.2, 0.25) is 0 Å². The van der Waals surface area contributed by atoms with Gasteiger partial charge in [0.2, 0.25) is 0 Å². The average molecular weight is 310 g/mol. The molecule has 3 nitrogen and oxygen atoms in total. The second-order valence-corrected chi connectivity index (χ2v) is 6.03. The summed E-state index contributed by atoms with van der Waals surface area (Å²) in [6.07, 6.45) is 15.0. The third-order valence-electron chi connectivity index (χ3n) is 4.08. The molecule has 0 aliphatic heterocycles. The van der Waals surface area contributed by atoms with Gasteiger partial charge in [-0.3, -0.25) is 4.79 Å². The van der Waals surface area contributed by atoms with Crippen molar-refractivity contribution in [2.75, 3.05) is 0 Å². The number of hydrogen-bond acceptors (Lipinski definition) is 3. The Morgan fingerprint density at radius 3 is 2.09 bits per heavy atom. The molecule has 1 aromatic carbocycles. The van der Waals surface area contributed by atoms with Gasteiger partial charge in [-0.1, -0.05) is 69.7 Å². The van der Waals surface area contributed by atoms with Crippen molar-refractivity contribution in [2.24, 2.45) is 0 Å². The van der Waals surface area contributed by atoms with Crippen LogP contribution < -0.4 is 0 Å². The lowest BCUT2D eigenvalue weighted by Gasteiger charge is -2.04. The third kappa shape index (κ3) is 5.93. The molecule has 0 amide bonds. The number of benzene rings is 1. The highest BCUT2D eigenvalue weighted by Gasteiger charge is 2.02. The number of aryl methyl sites for hydroxylation is 1. The van der Waals surface area contributed by atoms with Crippen molar-refractivity contribution < 1.29 is 4.79 Å². The second-order valence-electron chi connectivity index (χ2n) is 6.03. The molecule has 0 atom stereocenters. The van der Waals surface area contributed by atoms with Crippen molar-refractivity contribution in [3.05, 3.63) is 47.8 Å². The topological polar surface area (TPSA) is 42.9 Å². The minimum absolute atomic E-state index is 0.671. The van der Waals surface area contributed by atoms with Crippen LogP contribution in [0, 0.1) is 0 Å². The smallest absolute Gasteiger partial charge is 0.159 e. The number of rotatable bonds is 10. The first-order valence-corrected chi connectivity index (χ1v) is 8.70. The Bertz CT molecular complexity index is 576. The van der Waals surface area contributed by atoms with Gasteiger partial charge in [0.25, 0.3) is 0 Å². The van der Waals surface area contributed by atoms with E-state index in [1.54, 1.807) is 12.1 Å². The van der Waals surface area contributed by atoms with Gasteiger partial charge in [0.1, 0.15) is 6.29 Å². The summed E-state index contributed by atoms with van der Waals surface area (Å²) in [4.78, 5) is 19.6. The van der Waals surface area contributed by atoms with Gasteiger partial charge in [-0.2, -0.15) is 0 Å². The van der Waals surface area contributed by atoms with Crippen molar-refractivity contribution in [2.45, 2.75) is 58.3 Å². The summed E-state index contributed by atoms with van der Waals surface area (Å²) in [6, 6.07) is 7.35. The molecule has 0 aliphatic rings. The lowest BCUT2D eigenvalue weighted by atomic mass is 10.1. The molecule has 0 radical (unpaired) electrons. The molecule has 0 saturated heterocycles. The van der Waals surface area contributed by atoms with E-state index < -0.39 is 0 Å². The van der Waals surface area contributed by atoms with Crippen LogP contribution >= 0.6 is 0 Å². The highest BCUT2D eigenvalue weighted by molar-refractivity contribution is 5.76. The molecule has 1 heterocycles. The summed E-state index contributed by atoms with van der Waals surface area (Å²) in [5.41, 5.74) is 2.81. The van der Waals surface area contributed by atoms with Gasteiger partial charge in [0.05, 0.1) is 0 Å². The summed E-state index contributed by atoms with van der Waals surface area (Å²) in [5, 5.41) is 0. The Morgan fingerprint density at radius 2 is 1.48 bits per heavy atom. The zero-order chi connectivity index (χ0) is 16.3. The van der Waals surface area contributed by atoms with Crippen LogP contribution in [0.15, 0.2) is 36.7 Å². The number of hydrogen-bond donors (Lipinski definition) is 0. The molecule has 0 N–H and O–H groups in total. The first-order chi connectivity index (χ1) is 11.3. The summed E-state index contributed by atoms with van der Waals surface area (Å²) < 4.78 is 0. The summed E-state index contributed by atoms with van der Waals surface area (Å²) in [6.45, 7) is 2.25. The molecule has 0 saturated carbocycles. The van der Waals surface area contributed by atoms with Crippen LogP contribution in [0.3, 0.4) is 0 Å². The Balaban J connectivity index is 1.76. The number of carbonyl (C=O) groups is 1. The van der Waals surface area contributed by atoms with Gasteiger partial charge < -0.3 is 0 Å². The predicted octanol–water partition coefficient (Wildman–Crippen LogP) is 5.25. The molecule has 23 heavy (non-hydrogen) atoms. The fourth-order valence-corrected chi connectivity index (χ4v) is 2.63. The maximum Gasteiger partial charge on any atom is 0.159 e. The quantitative estimate of drug-likeness (QED) is 0.444. The number of aldehydes is 1. The van der Waals surface area contributed by atoms with Crippen LogP contribution in [0.1, 0.15) is 67.8 Å². The van der Waals surface area contributed by atoms with E-state index in [1.807, 2.05) is 24.5 Å². The van der Waals surface area contributed by atoms with Crippen LogP contribution in [0.5, 0.6) is 0 Å². The minimum Gasteiger partial charge on any atom is -0.298 e. The van der Waals surface area contributed by atoms with Crippen LogP contribution in [-0.4, -0.2) is 16.3 Å². The Hall–Kier alpha value is -2.03. The molecular formula is C20H26N2O. The fourth-order valence-electron chi connectivity index (χ4n) is 2.63. The van der Waals surface area contributed by atoms with E-state index in [4.69, 9.17) is 0 Å². The van der Waals surface area contributed by atoms with Crippen molar-refractivity contribution in [1.29, 1.82) is 0 Å². The van der Waals surface area contributed by atoms with Crippen LogP contribution in [0.4, 0.5) is 0 Å². The lowest BCUT2D eigenvalue weighted by Crippen LogP contribution is -1.93. The highest BCUT2D eigenvalue weighted by atomic mass is 16.1. The molecular weight excluding hydrogens is 284 g/mol. The Morgan fingerprint density at radius 1 is 0.870 bits per heavy atom. The van der Waals surface area contributed by atoms with Crippen LogP contribution in [0.25, 0.3) is 11.4 Å². The van der Waals surface area contributed by atoms with Crippen molar-refractivity contribution >= 4 is 6.29 Å². The second kappa shape index (κ2) is 9.88. The molecule has 0 unspecified atom stereocenters. The molecule has 122 valence electrons. The van der Waals surface area contributed by atoms with Crippen LogP contribution in [-0.2, 0) is 6.42 Å². The largest absolute Gasteiger partial charge is 0.298 e. The van der Waals surface area contributed by atoms with E-state index in [1.165, 1.54) is 50.5 Å². The van der Waals surface area contributed by atoms with Gasteiger partial charge in [0.15, 0.2) is 5.82 Å². The maximum absolute atomic E-state index is 10.7. The van der Waals surface area contributed by atoms with Gasteiger partial charge in [-0.15, -0.1) is 0 Å². The standard InChI is InChI=1S/C20H26N2O/c1-2-3-4-5-6-7-8-9-18-14-21-20(22-15-18)19-12-10-17(16-23)11-13-19/h10-16H,2-9H2,1H3. The maximum atomic E-state index is 10.7. The number of carbonyl (C=O) groups excluding carboxylic acids is 1. The minimum atomic E-state index is 0.671. The molecule has 0 spiro atoms. The van der Waals surface area contributed by atoms with E-state index in [0.717, 1.165) is 18.3 Å². The van der Waals surface area contributed by atoms with E-state index >= 15 is 0 Å². The molecule has 2 rings (SSSR count). The van der Waals surface area contributed by atoms with E-state index in [-0.39, 0.29) is 0 Å². The summed E-state index contributed by atoms with van der Waals surface area (Å²) >= 11 is 0. The van der Waals surface area contributed by atoms with Crippen molar-refractivity contribution in [1.82, 2.24) is 9.97 Å². The van der Waals surface area contributed by atoms with E-state index in [0.29, 0.717) is 11.4 Å². The summed E-state index contributed by atoms with van der Waals surface area (Å²) in [7, 11) is 0. The van der Waals surface area contributed by atoms with E-state index in [9.17, 15) is 4.79 Å². The molecule has 2 aromatic rings. The van der Waals surface area contributed by atoms with Gasteiger partial charge in [-0.05, 0) is 18.4 Å². The SMILES string of the molecule is CCCCCCCCCc1cnc(-c2ccc(C=O)cc2)nc1. The number of unbranched alkanes of at least 4 members (excludes halogenated alkanes) is 6. The fraction of sp³-hybridized carbons (Fsp3) is 0.450. The predicted molar refractivity (Wildman–Crippen MR) is 94.6 cm³/mol. The first-order valence-electron chi connectivity index (χ1n) is 8.70. The molecule has 0 bridgehead atoms. The van der Waals surface area contributed by atoms with Crippen molar-refractivity contribution in [3.63, 3.8) is 0 Å². The zero-order valence-electron chi connectivity index (χ0n) is 14.0. The number of nitrogens with zero attached hydrogens (tertiary/aromatic N) is 2. The third-order valence-corrected chi connectivity index (χ3v) is 4.08. The zero-order valence-corrected chi connectivity index (χ0v) is 14.0. The Labute approximate surface area is 139 Å². The Kier molecular flexibility index (Phi) is 7.44. The number of aromatic nitrogens is 2. The molecule has 0 aliphatic carbocycles. The monoisotopic (exact) mass is 310 g/mol. The van der Waals surface area contributed by atoms with Gasteiger partial charge >= 0.3 is 0 Å². The lowest BCUT2D eigenvalue weighted by molar-refractivity contribution is 0.112. The normalized spacial score (nSPS) is 10.7. The van der Waals surface area contributed by atoms with E-state index in [2.05, 4.69) is 16.9 Å². The molecule has 0 fully saturated rings. The molecule has 3 heteroatoms. The summed E-state index contributed by atoms with van der Waals surface area (Å²) in [5.74, 6) is 0.714.